The van der Waals surface area contributed by atoms with Gasteiger partial charge in [0.1, 0.15) is 0 Å². The third kappa shape index (κ3) is 2.45. The van der Waals surface area contributed by atoms with E-state index in [9.17, 15) is 4.79 Å². The number of H-pyrrole nitrogens is 1. The Hall–Kier alpha value is -1.20. The summed E-state index contributed by atoms with van der Waals surface area (Å²) in [7, 11) is 0. The van der Waals surface area contributed by atoms with Crippen LogP contribution in [0.2, 0.25) is 0 Å². The van der Waals surface area contributed by atoms with Gasteiger partial charge in [-0.25, -0.2) is 0 Å². The monoisotopic (exact) mass is 349 g/mol. The van der Waals surface area contributed by atoms with E-state index >= 15 is 0 Å². The number of anilines is 1. The van der Waals surface area contributed by atoms with E-state index < -0.39 is 0 Å². The number of halogens is 1. The normalized spacial score (nSPS) is 29.0. The minimum Gasteiger partial charge on any atom is -0.342 e. The molecule has 6 heteroatoms. The Morgan fingerprint density at radius 2 is 2.17 bits per heavy atom. The number of Topliss-reactive ketones (excluding diaryl/α,β-unsaturated/α-hetero) is 1. The second kappa shape index (κ2) is 5.15. The summed E-state index contributed by atoms with van der Waals surface area (Å²) in [5.41, 5.74) is 4.17. The predicted octanol–water partition coefficient (Wildman–Crippen LogP) is 4.46. The lowest BCUT2D eigenvalue weighted by atomic mass is 9.69. The van der Waals surface area contributed by atoms with Gasteiger partial charge in [0.25, 0.3) is 0 Å². The number of hydrogen-bond acceptors (Lipinski definition) is 4. The Morgan fingerprint density at radius 1 is 1.39 bits per heavy atom. The van der Waals surface area contributed by atoms with Gasteiger partial charge in [0.05, 0.1) is 4.36 Å². The molecule has 0 fully saturated rings. The van der Waals surface area contributed by atoms with Gasteiger partial charge < -0.3 is 5.32 Å². The molecule has 4 nitrogen and oxygen atoms in total. The van der Waals surface area contributed by atoms with Crippen molar-refractivity contribution in [2.24, 2.45) is 5.41 Å². The van der Waals surface area contributed by atoms with E-state index in [1.54, 1.807) is 11.8 Å². The minimum atomic E-state index is -0.00492. The molecule has 23 heavy (non-hydrogen) atoms. The lowest BCUT2D eigenvalue weighted by Gasteiger charge is -2.39. The van der Waals surface area contributed by atoms with E-state index in [4.69, 9.17) is 11.6 Å². The Kier molecular flexibility index (Phi) is 3.43. The van der Waals surface area contributed by atoms with Crippen LogP contribution in [0, 0.1) is 12.3 Å². The molecule has 0 saturated heterocycles. The first-order valence-electron chi connectivity index (χ1n) is 7.96. The van der Waals surface area contributed by atoms with Crippen LogP contribution in [-0.4, -0.2) is 21.2 Å². The number of nitrogens with zero attached hydrogens (tertiary/aromatic N) is 1. The molecular formula is C17H20ClN3OS. The van der Waals surface area contributed by atoms with Crippen LogP contribution in [0.3, 0.4) is 0 Å². The number of aryl methyl sites for hydroxylation is 1. The van der Waals surface area contributed by atoms with Crippen molar-refractivity contribution in [3.63, 3.8) is 0 Å². The van der Waals surface area contributed by atoms with E-state index in [0.717, 1.165) is 45.6 Å². The molecule has 0 radical (unpaired) electrons. The molecule has 0 bridgehead atoms. The Bertz CT molecular complexity index is 762. The Labute approximate surface area is 145 Å². The molecule has 3 aliphatic rings. The summed E-state index contributed by atoms with van der Waals surface area (Å²) in [5, 5.41) is 11.2. The largest absolute Gasteiger partial charge is 0.342 e. The summed E-state index contributed by atoms with van der Waals surface area (Å²) >= 11 is 7.88. The summed E-state index contributed by atoms with van der Waals surface area (Å²) in [6, 6.07) is 0. The number of fused-ring (bicyclic) bond motifs is 1. The van der Waals surface area contributed by atoms with Gasteiger partial charge in [-0.05, 0) is 25.2 Å². The van der Waals surface area contributed by atoms with Crippen LogP contribution in [-0.2, 0) is 4.79 Å². The minimum absolute atomic E-state index is 0.00492. The molecule has 122 valence electrons. The van der Waals surface area contributed by atoms with Crippen molar-refractivity contribution in [3.05, 3.63) is 33.0 Å². The fourth-order valence-corrected chi connectivity index (χ4v) is 5.55. The average Bonchev–Trinajstić information content (AvgIpc) is 3.02. The van der Waals surface area contributed by atoms with E-state index in [0.29, 0.717) is 6.42 Å². The van der Waals surface area contributed by atoms with Crippen molar-refractivity contribution in [1.29, 1.82) is 0 Å². The molecule has 0 aromatic carbocycles. The molecule has 1 aliphatic carbocycles. The second-order valence-electron chi connectivity index (χ2n) is 7.45. The zero-order chi connectivity index (χ0) is 16.4. The SMILES string of the molecule is Cc1[nH]nc2c1C(C1CC=C(Cl)S1)C1=C(CC(C)(C)CC1=O)N2. The number of aromatic amines is 1. The van der Waals surface area contributed by atoms with Gasteiger partial charge in [-0.15, -0.1) is 11.8 Å². The maximum Gasteiger partial charge on any atom is 0.161 e. The molecule has 1 aromatic heterocycles. The van der Waals surface area contributed by atoms with Gasteiger partial charge in [0.2, 0.25) is 0 Å². The van der Waals surface area contributed by atoms with Gasteiger partial charge in [0.15, 0.2) is 11.6 Å². The quantitative estimate of drug-likeness (QED) is 0.786. The molecule has 2 aliphatic heterocycles. The van der Waals surface area contributed by atoms with Crippen LogP contribution in [0.5, 0.6) is 0 Å². The lowest BCUT2D eigenvalue weighted by molar-refractivity contribution is -0.118. The van der Waals surface area contributed by atoms with E-state index in [1.165, 1.54) is 0 Å². The summed E-state index contributed by atoms with van der Waals surface area (Å²) in [6.45, 7) is 6.33. The molecule has 1 aromatic rings. The lowest BCUT2D eigenvalue weighted by Crippen LogP contribution is -2.36. The van der Waals surface area contributed by atoms with Gasteiger partial charge in [-0.1, -0.05) is 31.5 Å². The molecule has 2 unspecified atom stereocenters. The second-order valence-corrected chi connectivity index (χ2v) is 9.36. The van der Waals surface area contributed by atoms with Crippen LogP contribution in [0.1, 0.15) is 50.3 Å². The highest BCUT2D eigenvalue weighted by atomic mass is 35.5. The average molecular weight is 350 g/mol. The number of rotatable bonds is 1. The van der Waals surface area contributed by atoms with Crippen molar-refractivity contribution in [2.45, 2.75) is 51.2 Å². The van der Waals surface area contributed by atoms with Crippen molar-refractivity contribution in [2.75, 3.05) is 5.32 Å². The topological polar surface area (TPSA) is 57.8 Å². The smallest absolute Gasteiger partial charge is 0.161 e. The highest BCUT2D eigenvalue weighted by Crippen LogP contribution is 2.53. The van der Waals surface area contributed by atoms with Gasteiger partial charge in [-0.3, -0.25) is 9.89 Å². The zero-order valence-corrected chi connectivity index (χ0v) is 15.1. The Morgan fingerprint density at radius 3 is 2.87 bits per heavy atom. The van der Waals surface area contributed by atoms with Crippen LogP contribution in [0.15, 0.2) is 21.7 Å². The summed E-state index contributed by atoms with van der Waals surface area (Å²) in [4.78, 5) is 12.9. The predicted molar refractivity (Wildman–Crippen MR) is 94.7 cm³/mol. The van der Waals surface area contributed by atoms with E-state index in [1.807, 2.05) is 6.92 Å². The first-order chi connectivity index (χ1) is 10.9. The number of carbonyl (C=O) groups is 1. The molecule has 0 saturated carbocycles. The van der Waals surface area contributed by atoms with Crippen molar-refractivity contribution in [3.8, 4) is 0 Å². The molecule has 0 amide bonds. The van der Waals surface area contributed by atoms with Gasteiger partial charge in [-0.2, -0.15) is 5.10 Å². The highest BCUT2D eigenvalue weighted by Gasteiger charge is 2.45. The number of hydrogen-bond donors (Lipinski definition) is 2. The van der Waals surface area contributed by atoms with Gasteiger partial charge >= 0.3 is 0 Å². The summed E-state index contributed by atoms with van der Waals surface area (Å²) in [5.74, 6) is 1.21. The molecule has 0 spiro atoms. The number of thioether (sulfide) groups is 1. The molecule has 2 N–H and O–H groups in total. The number of allylic oxidation sites excluding steroid dienone is 3. The van der Waals surface area contributed by atoms with Crippen molar-refractivity contribution >= 4 is 35.0 Å². The van der Waals surface area contributed by atoms with Crippen LogP contribution >= 0.6 is 23.4 Å². The first-order valence-corrected chi connectivity index (χ1v) is 9.22. The first kappa shape index (κ1) is 15.3. The zero-order valence-electron chi connectivity index (χ0n) is 13.5. The van der Waals surface area contributed by atoms with E-state index in [-0.39, 0.29) is 22.4 Å². The molecule has 4 rings (SSSR count). The molecular weight excluding hydrogens is 330 g/mol. The van der Waals surface area contributed by atoms with Crippen molar-refractivity contribution < 1.29 is 4.79 Å². The number of carbonyl (C=O) groups excluding carboxylic acids is 1. The maximum atomic E-state index is 12.9. The number of aromatic nitrogens is 2. The van der Waals surface area contributed by atoms with Crippen molar-refractivity contribution in [1.82, 2.24) is 10.2 Å². The molecule has 3 heterocycles. The third-order valence-corrected chi connectivity index (χ3v) is 6.53. The molecule has 2 atom stereocenters. The summed E-state index contributed by atoms with van der Waals surface area (Å²) < 4.78 is 0.835. The fraction of sp³-hybridized carbons (Fsp3) is 0.529. The van der Waals surface area contributed by atoms with Crippen LogP contribution in [0.4, 0.5) is 5.82 Å². The Balaban J connectivity index is 1.84. The highest BCUT2D eigenvalue weighted by molar-refractivity contribution is 8.05. The third-order valence-electron chi connectivity index (χ3n) is 4.95. The number of ketones is 1. The van der Waals surface area contributed by atoms with Crippen LogP contribution < -0.4 is 5.32 Å². The fourth-order valence-electron chi connectivity index (χ4n) is 4.03. The maximum absolute atomic E-state index is 12.9. The van der Waals surface area contributed by atoms with Gasteiger partial charge in [0, 0.05) is 40.1 Å². The standard InChI is InChI=1S/C17H20ClN3OS/c1-8-13-15(11-4-5-12(18)23-11)14-9(19-16(13)21-20-8)6-17(2,3)7-10(14)22/h5,11,15H,4,6-7H2,1-3H3,(H2,19,20,21). The van der Waals surface area contributed by atoms with Crippen LogP contribution in [0.25, 0.3) is 0 Å². The number of nitrogens with one attached hydrogen (secondary N) is 2. The summed E-state index contributed by atoms with van der Waals surface area (Å²) in [6.07, 6.45) is 4.44. The van der Waals surface area contributed by atoms with E-state index in [2.05, 4.69) is 35.4 Å².